The molecular weight excluding hydrogens is 415 g/mol. The third-order valence-electron chi connectivity index (χ3n) is 4.32. The van der Waals surface area contributed by atoms with Gasteiger partial charge < -0.3 is 19.5 Å². The molecule has 0 aromatic heterocycles. The van der Waals surface area contributed by atoms with Crippen LogP contribution >= 0.6 is 0 Å². The quantitative estimate of drug-likeness (QED) is 0.572. The Balaban J connectivity index is 1.43. The lowest BCUT2D eigenvalue weighted by Crippen LogP contribution is -2.32. The second kappa shape index (κ2) is 9.66. The highest BCUT2D eigenvalue weighted by molar-refractivity contribution is 7.92. The van der Waals surface area contributed by atoms with E-state index in [0.717, 1.165) is 6.26 Å². The summed E-state index contributed by atoms with van der Waals surface area (Å²) in [4.78, 5) is 12.0. The van der Waals surface area contributed by atoms with Crippen LogP contribution in [0, 0.1) is 5.82 Å². The van der Waals surface area contributed by atoms with E-state index in [9.17, 15) is 17.6 Å². The number of nitrogens with one attached hydrogen (secondary N) is 1. The lowest BCUT2D eigenvalue weighted by molar-refractivity contribution is -0.121. The molecule has 0 unspecified atom stereocenters. The van der Waals surface area contributed by atoms with Gasteiger partial charge >= 0.3 is 0 Å². The minimum absolute atomic E-state index is 0.0999. The van der Waals surface area contributed by atoms with E-state index in [4.69, 9.17) is 14.2 Å². The van der Waals surface area contributed by atoms with Crippen molar-refractivity contribution >= 4 is 21.6 Å². The second-order valence-electron chi connectivity index (χ2n) is 6.63. The van der Waals surface area contributed by atoms with E-state index in [1.165, 1.54) is 28.6 Å². The molecule has 0 saturated heterocycles. The maximum absolute atomic E-state index is 12.8. The van der Waals surface area contributed by atoms with Crippen molar-refractivity contribution in [2.24, 2.45) is 0 Å². The molecule has 0 radical (unpaired) electrons. The summed E-state index contributed by atoms with van der Waals surface area (Å²) in [5.74, 6) is 1.00. The number of hydrogen-bond donors (Lipinski definition) is 1. The average Bonchev–Trinajstić information content (AvgIpc) is 3.17. The first-order valence-corrected chi connectivity index (χ1v) is 11.2. The molecule has 30 heavy (non-hydrogen) atoms. The summed E-state index contributed by atoms with van der Waals surface area (Å²) in [7, 11) is -3.53. The molecule has 0 bridgehead atoms. The van der Waals surface area contributed by atoms with E-state index < -0.39 is 10.0 Å². The second-order valence-corrected chi connectivity index (χ2v) is 8.54. The average molecular weight is 438 g/mol. The summed E-state index contributed by atoms with van der Waals surface area (Å²) in [6.45, 7) is 0.777. The molecule has 1 N–H and O–H groups in total. The van der Waals surface area contributed by atoms with E-state index >= 15 is 0 Å². The zero-order valence-corrected chi connectivity index (χ0v) is 17.3. The van der Waals surface area contributed by atoms with Crippen molar-refractivity contribution in [1.82, 2.24) is 5.32 Å². The van der Waals surface area contributed by atoms with E-state index in [2.05, 4.69) is 5.32 Å². The first-order chi connectivity index (χ1) is 14.3. The maximum atomic E-state index is 12.8. The van der Waals surface area contributed by atoms with Crippen LogP contribution in [0.4, 0.5) is 10.1 Å². The van der Waals surface area contributed by atoms with Crippen LogP contribution in [-0.2, 0) is 14.8 Å². The van der Waals surface area contributed by atoms with Gasteiger partial charge in [-0.15, -0.1) is 0 Å². The highest BCUT2D eigenvalue weighted by atomic mass is 32.2. The molecule has 2 aromatic carbocycles. The Morgan fingerprint density at radius 2 is 1.90 bits per heavy atom. The van der Waals surface area contributed by atoms with Gasteiger partial charge in [-0.1, -0.05) is 0 Å². The Hall–Kier alpha value is -3.01. The monoisotopic (exact) mass is 438 g/mol. The number of benzene rings is 2. The van der Waals surface area contributed by atoms with Crippen LogP contribution in [0.1, 0.15) is 12.8 Å². The molecule has 1 aliphatic heterocycles. The van der Waals surface area contributed by atoms with Gasteiger partial charge in [-0.2, -0.15) is 0 Å². The van der Waals surface area contributed by atoms with Crippen molar-refractivity contribution in [3.05, 3.63) is 48.3 Å². The van der Waals surface area contributed by atoms with Crippen LogP contribution < -0.4 is 23.8 Å². The van der Waals surface area contributed by atoms with Gasteiger partial charge in [0.15, 0.2) is 11.5 Å². The standard InChI is InChI=1S/C20H23FN2O6S/c1-30(25,26)23(16-6-9-18-19(13-16)29-14-28-18)11-2-3-20(24)22-10-12-27-17-7-4-15(21)5-8-17/h4-9,13H,2-3,10-12,14H2,1H3,(H,22,24). The predicted molar refractivity (Wildman–Crippen MR) is 109 cm³/mol. The fourth-order valence-electron chi connectivity index (χ4n) is 2.89. The molecule has 0 saturated carbocycles. The summed E-state index contributed by atoms with van der Waals surface area (Å²) in [6.07, 6.45) is 1.61. The van der Waals surface area contributed by atoms with Crippen molar-refractivity contribution in [3.63, 3.8) is 0 Å². The zero-order chi connectivity index (χ0) is 21.6. The molecule has 0 spiro atoms. The van der Waals surface area contributed by atoms with Crippen LogP contribution in [0.5, 0.6) is 17.2 Å². The van der Waals surface area contributed by atoms with Crippen LogP contribution in [0.15, 0.2) is 42.5 Å². The van der Waals surface area contributed by atoms with E-state index in [1.807, 2.05) is 0 Å². The smallest absolute Gasteiger partial charge is 0.232 e. The Bertz CT molecular complexity index is 981. The minimum atomic E-state index is -3.53. The molecule has 3 rings (SSSR count). The van der Waals surface area contributed by atoms with Gasteiger partial charge in [-0.25, -0.2) is 12.8 Å². The summed E-state index contributed by atoms with van der Waals surface area (Å²) >= 11 is 0. The van der Waals surface area contributed by atoms with E-state index in [0.29, 0.717) is 29.4 Å². The molecule has 1 amide bonds. The van der Waals surface area contributed by atoms with Gasteiger partial charge in [0, 0.05) is 19.0 Å². The molecule has 8 nitrogen and oxygen atoms in total. The number of halogens is 1. The van der Waals surface area contributed by atoms with Crippen molar-refractivity contribution < 1.29 is 31.8 Å². The van der Waals surface area contributed by atoms with Gasteiger partial charge in [0.1, 0.15) is 18.2 Å². The fraction of sp³-hybridized carbons (Fsp3) is 0.350. The largest absolute Gasteiger partial charge is 0.492 e. The molecule has 0 fully saturated rings. The number of ether oxygens (including phenoxy) is 3. The number of fused-ring (bicyclic) bond motifs is 1. The van der Waals surface area contributed by atoms with Crippen LogP contribution in [0.25, 0.3) is 0 Å². The molecular formula is C20H23FN2O6S. The van der Waals surface area contributed by atoms with E-state index in [-0.39, 0.29) is 44.6 Å². The topological polar surface area (TPSA) is 94.2 Å². The molecule has 10 heteroatoms. The number of rotatable bonds is 10. The Morgan fingerprint density at radius 3 is 2.63 bits per heavy atom. The minimum Gasteiger partial charge on any atom is -0.492 e. The van der Waals surface area contributed by atoms with E-state index in [1.54, 1.807) is 18.2 Å². The van der Waals surface area contributed by atoms with Gasteiger partial charge in [0.05, 0.1) is 18.5 Å². The van der Waals surface area contributed by atoms with Gasteiger partial charge in [0.25, 0.3) is 0 Å². The maximum Gasteiger partial charge on any atom is 0.232 e. The summed E-state index contributed by atoms with van der Waals surface area (Å²) in [5.41, 5.74) is 0.454. The zero-order valence-electron chi connectivity index (χ0n) is 16.5. The van der Waals surface area contributed by atoms with Crippen molar-refractivity contribution in [3.8, 4) is 17.2 Å². The Morgan fingerprint density at radius 1 is 1.17 bits per heavy atom. The van der Waals surface area contributed by atoms with Crippen molar-refractivity contribution in [2.75, 3.05) is 37.1 Å². The van der Waals surface area contributed by atoms with Gasteiger partial charge in [-0.3, -0.25) is 9.10 Å². The fourth-order valence-corrected chi connectivity index (χ4v) is 3.85. The number of sulfonamides is 1. The molecule has 2 aromatic rings. The summed E-state index contributed by atoms with van der Waals surface area (Å²) in [6, 6.07) is 10.5. The first-order valence-electron chi connectivity index (χ1n) is 9.35. The SMILES string of the molecule is CS(=O)(=O)N(CCCC(=O)NCCOc1ccc(F)cc1)c1ccc2c(c1)OCO2. The highest BCUT2D eigenvalue weighted by Crippen LogP contribution is 2.36. The summed E-state index contributed by atoms with van der Waals surface area (Å²) < 4.78 is 54.4. The lowest BCUT2D eigenvalue weighted by atomic mass is 10.2. The third-order valence-corrected chi connectivity index (χ3v) is 5.51. The normalized spacial score (nSPS) is 12.5. The number of anilines is 1. The number of nitrogens with zero attached hydrogens (tertiary/aromatic N) is 1. The van der Waals surface area contributed by atoms with Gasteiger partial charge in [-0.05, 0) is 42.8 Å². The van der Waals surface area contributed by atoms with Crippen LogP contribution in [0.3, 0.4) is 0 Å². The number of amides is 1. The molecule has 0 aliphatic carbocycles. The third kappa shape index (κ3) is 5.99. The van der Waals surface area contributed by atoms with Gasteiger partial charge in [0.2, 0.25) is 22.7 Å². The molecule has 0 atom stereocenters. The first kappa shape index (κ1) is 21.7. The van der Waals surface area contributed by atoms with Crippen LogP contribution in [-0.4, -0.2) is 47.1 Å². The van der Waals surface area contributed by atoms with Crippen LogP contribution in [0.2, 0.25) is 0 Å². The predicted octanol–water partition coefficient (Wildman–Crippen LogP) is 2.30. The highest BCUT2D eigenvalue weighted by Gasteiger charge is 2.21. The molecule has 1 heterocycles. The molecule has 162 valence electrons. The number of carbonyl (C=O) groups is 1. The summed E-state index contributed by atoms with van der Waals surface area (Å²) in [5, 5.41) is 2.71. The Labute approximate surface area is 174 Å². The number of carbonyl (C=O) groups excluding carboxylic acids is 1. The van der Waals surface area contributed by atoms with Crippen molar-refractivity contribution in [2.45, 2.75) is 12.8 Å². The number of hydrogen-bond acceptors (Lipinski definition) is 6. The van der Waals surface area contributed by atoms with Crippen molar-refractivity contribution in [1.29, 1.82) is 0 Å². The molecule has 1 aliphatic rings. The lowest BCUT2D eigenvalue weighted by Gasteiger charge is -2.22. The Kier molecular flexibility index (Phi) is 6.99.